The monoisotopic (exact) mass is 288 g/mol. The van der Waals surface area contributed by atoms with E-state index in [2.05, 4.69) is 39.4 Å². The van der Waals surface area contributed by atoms with E-state index in [4.69, 9.17) is 0 Å². The van der Waals surface area contributed by atoms with Crippen LogP contribution in [-0.4, -0.2) is 38.0 Å². The zero-order chi connectivity index (χ0) is 15.1. The molecule has 0 aromatic carbocycles. The maximum absolute atomic E-state index is 11.9. The van der Waals surface area contributed by atoms with Gasteiger partial charge in [-0.1, -0.05) is 13.8 Å². The highest BCUT2D eigenvalue weighted by atomic mass is 16.2. The summed E-state index contributed by atoms with van der Waals surface area (Å²) >= 11 is 0. The van der Waals surface area contributed by atoms with Gasteiger partial charge >= 0.3 is 0 Å². The number of anilines is 1. The van der Waals surface area contributed by atoms with Crippen LogP contribution in [0.15, 0.2) is 37.3 Å². The molecule has 0 fully saturated rings. The number of aromatic nitrogens is 4. The molecule has 0 radical (unpaired) electrons. The minimum atomic E-state index is -0.133. The Morgan fingerprint density at radius 3 is 2.76 bits per heavy atom. The van der Waals surface area contributed by atoms with Gasteiger partial charge in [0.1, 0.15) is 0 Å². The Morgan fingerprint density at radius 1 is 1.29 bits per heavy atom. The van der Waals surface area contributed by atoms with Crippen molar-refractivity contribution < 1.29 is 4.79 Å². The second-order valence-corrected chi connectivity index (χ2v) is 5.13. The molecule has 0 unspecified atom stereocenters. The van der Waals surface area contributed by atoms with Gasteiger partial charge in [0.15, 0.2) is 5.82 Å². The molecule has 0 aliphatic rings. The second-order valence-electron chi connectivity index (χ2n) is 5.13. The van der Waals surface area contributed by atoms with Crippen molar-refractivity contribution in [3.63, 3.8) is 0 Å². The van der Waals surface area contributed by atoms with Gasteiger partial charge in [0.2, 0.25) is 5.91 Å². The molecule has 1 amide bonds. The molecule has 2 N–H and O–H groups in total. The first kappa shape index (κ1) is 15.1. The number of carbonyl (C=O) groups excluding carboxylic acids is 1. The molecule has 2 aromatic heterocycles. The van der Waals surface area contributed by atoms with E-state index in [1.165, 1.54) is 6.20 Å². The van der Waals surface area contributed by atoms with Crippen LogP contribution in [0.1, 0.15) is 13.8 Å². The molecular weight excluding hydrogens is 268 g/mol. The van der Waals surface area contributed by atoms with Gasteiger partial charge in [0.05, 0.1) is 19.1 Å². The molecule has 0 bridgehead atoms. The van der Waals surface area contributed by atoms with Crippen molar-refractivity contribution in [2.24, 2.45) is 5.92 Å². The van der Waals surface area contributed by atoms with Crippen molar-refractivity contribution in [2.45, 2.75) is 26.4 Å². The number of nitrogens with one attached hydrogen (secondary N) is 2. The normalized spacial score (nSPS) is 12.3. The molecule has 0 saturated carbocycles. The molecule has 0 spiro atoms. The topological polar surface area (TPSA) is 84.7 Å². The van der Waals surface area contributed by atoms with Crippen LogP contribution in [-0.2, 0) is 11.3 Å². The minimum absolute atomic E-state index is 0.133. The highest BCUT2D eigenvalue weighted by Gasteiger charge is 2.15. The van der Waals surface area contributed by atoms with Crippen LogP contribution in [0.25, 0.3) is 0 Å². The summed E-state index contributed by atoms with van der Waals surface area (Å²) in [7, 11) is 0. The van der Waals surface area contributed by atoms with E-state index < -0.39 is 0 Å². The fourth-order valence-corrected chi connectivity index (χ4v) is 1.91. The zero-order valence-electron chi connectivity index (χ0n) is 12.2. The molecule has 0 aliphatic carbocycles. The van der Waals surface area contributed by atoms with Gasteiger partial charge in [0.25, 0.3) is 0 Å². The predicted octanol–water partition coefficient (Wildman–Crippen LogP) is 0.926. The van der Waals surface area contributed by atoms with E-state index in [-0.39, 0.29) is 18.5 Å². The lowest BCUT2D eigenvalue weighted by molar-refractivity contribution is -0.115. The van der Waals surface area contributed by atoms with Crippen LogP contribution < -0.4 is 10.6 Å². The van der Waals surface area contributed by atoms with Gasteiger partial charge in [-0.3, -0.25) is 9.78 Å². The lowest BCUT2D eigenvalue weighted by atomic mass is 10.0. The maximum Gasteiger partial charge on any atom is 0.239 e. The van der Waals surface area contributed by atoms with E-state index in [0.717, 1.165) is 6.54 Å². The number of nitrogens with zero attached hydrogens (tertiary/aromatic N) is 4. The largest absolute Gasteiger partial charge is 0.336 e. The molecule has 0 aliphatic heterocycles. The molecular formula is C14H20N6O. The summed E-state index contributed by atoms with van der Waals surface area (Å²) in [6.45, 7) is 5.24. The number of imidazole rings is 1. The molecule has 112 valence electrons. The third-order valence-corrected chi connectivity index (χ3v) is 3.13. The highest BCUT2D eigenvalue weighted by Crippen LogP contribution is 2.05. The Morgan fingerprint density at radius 2 is 2.14 bits per heavy atom. The fraction of sp³-hybridized carbons (Fsp3) is 0.429. The van der Waals surface area contributed by atoms with Crippen LogP contribution in [0.2, 0.25) is 0 Å². The maximum atomic E-state index is 11.9. The van der Waals surface area contributed by atoms with Crippen molar-refractivity contribution in [1.29, 1.82) is 0 Å². The van der Waals surface area contributed by atoms with Crippen molar-refractivity contribution >= 4 is 11.7 Å². The van der Waals surface area contributed by atoms with E-state index in [9.17, 15) is 4.79 Å². The van der Waals surface area contributed by atoms with Gasteiger partial charge in [-0.2, -0.15) is 0 Å². The molecule has 7 heteroatoms. The number of hydrogen-bond donors (Lipinski definition) is 2. The van der Waals surface area contributed by atoms with Gasteiger partial charge in [0, 0.05) is 37.4 Å². The Labute approximate surface area is 123 Å². The van der Waals surface area contributed by atoms with Crippen LogP contribution in [0.4, 0.5) is 5.82 Å². The predicted molar refractivity (Wildman–Crippen MR) is 79.5 cm³/mol. The first-order valence-electron chi connectivity index (χ1n) is 6.90. The first-order chi connectivity index (χ1) is 10.1. The number of rotatable bonds is 7. The quantitative estimate of drug-likeness (QED) is 0.791. The van der Waals surface area contributed by atoms with Crippen molar-refractivity contribution in [1.82, 2.24) is 24.8 Å². The van der Waals surface area contributed by atoms with Gasteiger partial charge in [-0.05, 0) is 5.92 Å². The van der Waals surface area contributed by atoms with Crippen LogP contribution >= 0.6 is 0 Å². The van der Waals surface area contributed by atoms with Crippen molar-refractivity contribution in [3.8, 4) is 0 Å². The Bertz CT molecular complexity index is 540. The SMILES string of the molecule is CC(C)[C@@H](Cn1ccnc1)NCC(=O)Nc1cnccn1. The first-order valence-corrected chi connectivity index (χ1v) is 6.90. The Balaban J connectivity index is 1.82. The van der Waals surface area contributed by atoms with Gasteiger partial charge in [-0.25, -0.2) is 9.97 Å². The van der Waals surface area contributed by atoms with Gasteiger partial charge in [-0.15, -0.1) is 0 Å². The van der Waals surface area contributed by atoms with E-state index >= 15 is 0 Å². The summed E-state index contributed by atoms with van der Waals surface area (Å²) in [4.78, 5) is 23.8. The second kappa shape index (κ2) is 7.49. The van der Waals surface area contributed by atoms with E-state index in [1.807, 2.05) is 10.8 Å². The van der Waals surface area contributed by atoms with Crippen LogP contribution in [0, 0.1) is 5.92 Å². The smallest absolute Gasteiger partial charge is 0.239 e. The number of amides is 1. The van der Waals surface area contributed by atoms with Crippen molar-refractivity contribution in [2.75, 3.05) is 11.9 Å². The summed E-state index contributed by atoms with van der Waals surface area (Å²) in [6, 6.07) is 0.187. The molecule has 21 heavy (non-hydrogen) atoms. The average molecular weight is 288 g/mol. The van der Waals surface area contributed by atoms with Crippen LogP contribution in [0.5, 0.6) is 0 Å². The third kappa shape index (κ3) is 4.96. The minimum Gasteiger partial charge on any atom is -0.336 e. The lowest BCUT2D eigenvalue weighted by Crippen LogP contribution is -2.41. The summed E-state index contributed by atoms with van der Waals surface area (Å²) in [5.41, 5.74) is 0. The molecule has 2 rings (SSSR count). The molecule has 0 saturated heterocycles. The summed E-state index contributed by atoms with van der Waals surface area (Å²) in [6.07, 6.45) is 10.1. The molecule has 7 nitrogen and oxygen atoms in total. The number of carbonyl (C=O) groups is 1. The van der Waals surface area contributed by atoms with E-state index in [0.29, 0.717) is 11.7 Å². The van der Waals surface area contributed by atoms with Crippen molar-refractivity contribution in [3.05, 3.63) is 37.3 Å². The van der Waals surface area contributed by atoms with E-state index in [1.54, 1.807) is 24.9 Å². The Hall–Kier alpha value is -2.28. The highest BCUT2D eigenvalue weighted by molar-refractivity contribution is 5.91. The average Bonchev–Trinajstić information content (AvgIpc) is 2.97. The Kier molecular flexibility index (Phi) is 5.39. The fourth-order valence-electron chi connectivity index (χ4n) is 1.91. The molecule has 2 heterocycles. The summed E-state index contributed by atoms with van der Waals surface area (Å²) in [5.74, 6) is 0.725. The zero-order valence-corrected chi connectivity index (χ0v) is 12.2. The standard InChI is InChI=1S/C14H20N6O/c1-11(2)12(9-20-6-5-16-10-20)18-8-14(21)19-13-7-15-3-4-17-13/h3-7,10-12,18H,8-9H2,1-2H3,(H,17,19,21)/t12-/m1/s1. The molecule has 1 atom stereocenters. The molecule has 2 aromatic rings. The summed E-state index contributed by atoms with van der Waals surface area (Å²) < 4.78 is 2.00. The van der Waals surface area contributed by atoms with Crippen LogP contribution in [0.3, 0.4) is 0 Å². The van der Waals surface area contributed by atoms with Gasteiger partial charge < -0.3 is 15.2 Å². The third-order valence-electron chi connectivity index (χ3n) is 3.13. The number of hydrogen-bond acceptors (Lipinski definition) is 5. The lowest BCUT2D eigenvalue weighted by Gasteiger charge is -2.22. The summed E-state index contributed by atoms with van der Waals surface area (Å²) in [5, 5.41) is 5.97.